The van der Waals surface area contributed by atoms with Gasteiger partial charge in [0, 0.05) is 86.3 Å². The Balaban J connectivity index is 1.16. The summed E-state index contributed by atoms with van der Waals surface area (Å²) in [5.41, 5.74) is 3.44. The van der Waals surface area contributed by atoms with Crippen LogP contribution in [0.15, 0.2) is 63.9 Å². The summed E-state index contributed by atoms with van der Waals surface area (Å²) >= 11 is 6.12. The van der Waals surface area contributed by atoms with Crippen LogP contribution < -0.4 is 26.1 Å². The number of hydrogen-bond donors (Lipinski definition) is 2. The molecule has 0 aliphatic carbocycles. The van der Waals surface area contributed by atoms with Crippen LogP contribution in [-0.2, 0) is 16.0 Å². The van der Waals surface area contributed by atoms with E-state index in [4.69, 9.17) is 16.0 Å². The number of fused-ring (bicyclic) bond motifs is 2. The zero-order chi connectivity index (χ0) is 31.6. The Morgan fingerprint density at radius 2 is 1.64 bits per heavy atom. The highest BCUT2D eigenvalue weighted by molar-refractivity contribution is 6.31. The first-order chi connectivity index (χ1) is 21.1. The number of carbonyl (C=O) groups is 2. The Morgan fingerprint density at radius 3 is 2.39 bits per heavy atom. The third-order valence-corrected chi connectivity index (χ3v) is 7.81. The van der Waals surface area contributed by atoms with Gasteiger partial charge in [-0.15, -0.1) is 0 Å². The number of anilines is 2. The standard InChI is InChI=1S/C33H41ClN6O4/c1-5-40(17-7-6-16-39(4)29-12-13-35-28-20-24(34)8-10-27(28)29)22-32(42)37-15-14-36-31(41)18-23-19-33(43)44-30-21-25(38(2)3)9-11-26(23)30/h8-13,19-21H,5-7,14-18,22H2,1-4H3,(H,36,41)(H,37,42). The molecule has 0 radical (unpaired) electrons. The van der Waals surface area contributed by atoms with Gasteiger partial charge in [0.05, 0.1) is 18.5 Å². The van der Waals surface area contributed by atoms with E-state index in [-0.39, 0.29) is 18.2 Å². The lowest BCUT2D eigenvalue weighted by molar-refractivity contribution is -0.123. The molecule has 0 bridgehead atoms. The van der Waals surface area contributed by atoms with Crippen LogP contribution in [0.1, 0.15) is 25.3 Å². The van der Waals surface area contributed by atoms with Crippen molar-refractivity contribution in [2.24, 2.45) is 0 Å². The maximum atomic E-state index is 12.6. The van der Waals surface area contributed by atoms with Gasteiger partial charge in [-0.3, -0.25) is 19.5 Å². The van der Waals surface area contributed by atoms with Gasteiger partial charge in [0.2, 0.25) is 11.8 Å². The molecule has 0 saturated heterocycles. The molecule has 0 unspecified atom stereocenters. The van der Waals surface area contributed by atoms with E-state index in [0.29, 0.717) is 35.8 Å². The highest BCUT2D eigenvalue weighted by Crippen LogP contribution is 2.27. The minimum Gasteiger partial charge on any atom is -0.423 e. The molecule has 0 saturated carbocycles. The highest BCUT2D eigenvalue weighted by Gasteiger charge is 2.13. The third kappa shape index (κ3) is 8.93. The Kier molecular flexibility index (Phi) is 11.6. The van der Waals surface area contributed by atoms with Crippen LogP contribution in [0.3, 0.4) is 0 Å². The fourth-order valence-corrected chi connectivity index (χ4v) is 5.30. The van der Waals surface area contributed by atoms with E-state index in [1.54, 1.807) is 12.3 Å². The normalized spacial score (nSPS) is 11.2. The second-order valence-corrected chi connectivity index (χ2v) is 11.5. The molecule has 0 fully saturated rings. The zero-order valence-electron chi connectivity index (χ0n) is 25.9. The van der Waals surface area contributed by atoms with Gasteiger partial charge in [-0.2, -0.15) is 0 Å². The maximum Gasteiger partial charge on any atom is 0.336 e. The SMILES string of the molecule is CCN(CCCCN(C)c1ccnc2cc(Cl)ccc12)CC(=O)NCCNC(=O)Cc1cc(=O)oc2cc(N(C)C)ccc12. The Hall–Kier alpha value is -4.15. The molecule has 2 aromatic carbocycles. The summed E-state index contributed by atoms with van der Waals surface area (Å²) in [6.45, 7) is 5.43. The number of pyridine rings is 1. The number of nitrogens with zero attached hydrogens (tertiary/aromatic N) is 4. The summed E-state index contributed by atoms with van der Waals surface area (Å²) in [6.07, 6.45) is 3.79. The molecule has 2 aromatic heterocycles. The smallest absolute Gasteiger partial charge is 0.336 e. The van der Waals surface area contributed by atoms with Gasteiger partial charge in [0.25, 0.3) is 0 Å². The van der Waals surface area contributed by atoms with Crippen LogP contribution in [-0.4, -0.2) is 82.1 Å². The number of amides is 2. The van der Waals surface area contributed by atoms with Crippen LogP contribution >= 0.6 is 11.6 Å². The number of nitrogens with one attached hydrogen (secondary N) is 2. The number of halogens is 1. The predicted octanol–water partition coefficient (Wildman–Crippen LogP) is 4.07. The van der Waals surface area contributed by atoms with Crippen molar-refractivity contribution < 1.29 is 14.0 Å². The van der Waals surface area contributed by atoms with Gasteiger partial charge >= 0.3 is 5.63 Å². The van der Waals surface area contributed by atoms with E-state index in [9.17, 15) is 14.4 Å². The number of aromatic nitrogens is 1. The largest absolute Gasteiger partial charge is 0.423 e. The third-order valence-electron chi connectivity index (χ3n) is 7.58. The first-order valence-corrected chi connectivity index (χ1v) is 15.3. The van der Waals surface area contributed by atoms with Crippen molar-refractivity contribution in [1.29, 1.82) is 0 Å². The minimum atomic E-state index is -0.496. The molecule has 11 heteroatoms. The molecule has 2 amide bonds. The Labute approximate surface area is 263 Å². The number of hydrogen-bond acceptors (Lipinski definition) is 8. The average molecular weight is 621 g/mol. The van der Waals surface area contributed by atoms with Crippen molar-refractivity contribution in [3.8, 4) is 0 Å². The molecule has 4 aromatic rings. The summed E-state index contributed by atoms with van der Waals surface area (Å²) in [4.78, 5) is 47.9. The molecule has 0 aliphatic heterocycles. The highest BCUT2D eigenvalue weighted by atomic mass is 35.5. The summed E-state index contributed by atoms with van der Waals surface area (Å²) < 4.78 is 5.34. The molecule has 44 heavy (non-hydrogen) atoms. The predicted molar refractivity (Wildman–Crippen MR) is 178 cm³/mol. The average Bonchev–Trinajstić information content (AvgIpc) is 2.99. The Morgan fingerprint density at radius 1 is 0.909 bits per heavy atom. The lowest BCUT2D eigenvalue weighted by atomic mass is 10.1. The molecule has 2 heterocycles. The first-order valence-electron chi connectivity index (χ1n) is 14.9. The van der Waals surface area contributed by atoms with Gasteiger partial charge < -0.3 is 24.9 Å². The van der Waals surface area contributed by atoms with Crippen LogP contribution in [0.2, 0.25) is 5.02 Å². The molecule has 2 N–H and O–H groups in total. The van der Waals surface area contributed by atoms with E-state index in [2.05, 4.69) is 32.5 Å². The molecule has 0 spiro atoms. The lowest BCUT2D eigenvalue weighted by Gasteiger charge is -2.23. The van der Waals surface area contributed by atoms with Crippen LogP contribution in [0, 0.1) is 0 Å². The second kappa shape index (κ2) is 15.5. The molecular weight excluding hydrogens is 580 g/mol. The molecule has 10 nitrogen and oxygen atoms in total. The van der Waals surface area contributed by atoms with E-state index < -0.39 is 5.63 Å². The van der Waals surface area contributed by atoms with Crippen LogP contribution in [0.5, 0.6) is 0 Å². The van der Waals surface area contributed by atoms with Crippen molar-refractivity contribution >= 4 is 56.7 Å². The minimum absolute atomic E-state index is 0.0435. The van der Waals surface area contributed by atoms with E-state index >= 15 is 0 Å². The van der Waals surface area contributed by atoms with Gasteiger partial charge in [-0.1, -0.05) is 18.5 Å². The summed E-state index contributed by atoms with van der Waals surface area (Å²) in [5.74, 6) is -0.310. The summed E-state index contributed by atoms with van der Waals surface area (Å²) in [6, 6.07) is 14.7. The van der Waals surface area contributed by atoms with Gasteiger partial charge in [-0.05, 0) is 67.9 Å². The first kappa shape index (κ1) is 32.8. The molecular formula is C33H41ClN6O4. The molecule has 234 valence electrons. The summed E-state index contributed by atoms with van der Waals surface area (Å²) in [5, 5.41) is 8.18. The number of likely N-dealkylation sites (N-methyl/N-ethyl adjacent to an activating group) is 1. The Bertz CT molecular complexity index is 1660. The fraction of sp³-hybridized carbons (Fsp3) is 0.394. The van der Waals surface area contributed by atoms with Crippen LogP contribution in [0.25, 0.3) is 21.9 Å². The van der Waals surface area contributed by atoms with Crippen molar-refractivity contribution in [3.05, 3.63) is 75.7 Å². The van der Waals surface area contributed by atoms with Gasteiger partial charge in [-0.25, -0.2) is 4.79 Å². The van der Waals surface area contributed by atoms with E-state index in [1.807, 2.05) is 62.3 Å². The second-order valence-electron chi connectivity index (χ2n) is 11.0. The van der Waals surface area contributed by atoms with E-state index in [1.165, 1.54) is 6.07 Å². The van der Waals surface area contributed by atoms with Crippen molar-refractivity contribution in [1.82, 2.24) is 20.5 Å². The van der Waals surface area contributed by atoms with Crippen molar-refractivity contribution in [2.45, 2.75) is 26.2 Å². The maximum absolute atomic E-state index is 12.6. The fourth-order valence-electron chi connectivity index (χ4n) is 5.13. The van der Waals surface area contributed by atoms with Gasteiger partial charge in [0.1, 0.15) is 5.58 Å². The number of unbranched alkanes of at least 4 members (excludes halogenated alkanes) is 1. The quantitative estimate of drug-likeness (QED) is 0.151. The lowest BCUT2D eigenvalue weighted by Crippen LogP contribution is -2.41. The molecule has 0 aliphatic rings. The topological polar surface area (TPSA) is 111 Å². The van der Waals surface area contributed by atoms with E-state index in [0.717, 1.165) is 60.1 Å². The summed E-state index contributed by atoms with van der Waals surface area (Å²) in [7, 11) is 5.88. The monoisotopic (exact) mass is 620 g/mol. The van der Waals surface area contributed by atoms with Crippen molar-refractivity contribution in [2.75, 3.05) is 70.2 Å². The number of benzene rings is 2. The van der Waals surface area contributed by atoms with Crippen LogP contribution in [0.4, 0.5) is 11.4 Å². The molecule has 0 atom stereocenters. The molecule has 4 rings (SSSR count). The number of rotatable bonds is 15. The number of carbonyl (C=O) groups excluding carboxylic acids is 2. The zero-order valence-corrected chi connectivity index (χ0v) is 26.6. The van der Waals surface area contributed by atoms with Gasteiger partial charge in [0.15, 0.2) is 0 Å². The van der Waals surface area contributed by atoms with Crippen molar-refractivity contribution in [3.63, 3.8) is 0 Å².